The fourth-order valence-electron chi connectivity index (χ4n) is 17.0. The largest absolute Gasteiger partial charge is 0.309 e. The first-order chi connectivity index (χ1) is 68.6. The van der Waals surface area contributed by atoms with Crippen molar-refractivity contribution in [3.8, 4) is 0 Å². The van der Waals surface area contributed by atoms with Crippen LogP contribution in [0.2, 0.25) is 0 Å². The minimum absolute atomic E-state index is 0.942. The number of benzene rings is 12. The van der Waals surface area contributed by atoms with Gasteiger partial charge in [-0.05, 0) is 147 Å². The van der Waals surface area contributed by atoms with Crippen LogP contribution in [0.15, 0.2) is 346 Å². The van der Waals surface area contributed by atoms with Crippen LogP contribution in [0.4, 0.5) is 0 Å². The third-order valence-electron chi connectivity index (χ3n) is 21.5. The average Bonchev–Trinajstić information content (AvgIpc) is 1.54. The highest BCUT2D eigenvalue weighted by Gasteiger charge is 2.21. The molecule has 12 aromatic carbocycles. The van der Waals surface area contributed by atoms with E-state index in [0.717, 1.165) is 65.8 Å². The number of hydrogen-bond donors (Lipinski definition) is 0. The van der Waals surface area contributed by atoms with E-state index in [1.807, 2.05) is 55.1 Å². The molecule has 0 unspecified atom stereocenters. The Kier molecular flexibility index (Phi) is 42.7. The molecular weight excluding hydrogens is 1700 g/mol. The molecule has 0 spiro atoms. The van der Waals surface area contributed by atoms with E-state index in [9.17, 15) is 0 Å². The summed E-state index contributed by atoms with van der Waals surface area (Å²) in [5, 5.41) is 24.9. The Morgan fingerprint density at radius 2 is 0.464 bits per heavy atom. The van der Waals surface area contributed by atoms with Gasteiger partial charge in [0.05, 0.1) is 88.3 Å². The molecule has 13 aromatic heterocycles. The number of nitrogens with zero attached hydrogens (tertiary/aromatic N) is 9. The van der Waals surface area contributed by atoms with Crippen molar-refractivity contribution in [2.75, 3.05) is 0 Å². The fraction of sp³-hybridized carbons (Fsp3) is 0.275. The second-order valence-corrected chi connectivity index (χ2v) is 35.5. The SMILES string of the molecule is CCC.CCC.CCC.CCC.CCC.CCC.CCC.CCC.CCC.CCC.CCC.CCC.c1ccc2c(c1)cc1c3c4ccccc4ncc3c3ncccc3n21.c1ccc2c(c1)ccc1c2cc2c3ccc4ccccc4c3c3ncccc3n12.c1ccc2c(c1)ccc1c2cc2c3ccccc3c3ccccc3n12.c1ccc2nc3c(cc2c1)c1cc2ccccc2n1c1cccnc31. The number of rotatable bonds is 0. The third-order valence-corrected chi connectivity index (χ3v) is 21.5. The summed E-state index contributed by atoms with van der Waals surface area (Å²) in [7, 11) is 0. The van der Waals surface area contributed by atoms with Crippen LogP contribution in [0.3, 0.4) is 0 Å². The maximum absolute atomic E-state index is 4.95. The Hall–Kier alpha value is -14.2. The molecule has 0 fully saturated rings. The molecule has 9 heteroatoms. The Bertz CT molecular complexity index is 8110. The molecule has 0 atom stereocenters. The molecule has 722 valence electrons. The Morgan fingerprint density at radius 1 is 0.157 bits per heavy atom. The summed E-state index contributed by atoms with van der Waals surface area (Å²) in [5.41, 5.74) is 20.4. The van der Waals surface area contributed by atoms with E-state index >= 15 is 0 Å². The highest BCUT2D eigenvalue weighted by molar-refractivity contribution is 6.27. The van der Waals surface area contributed by atoms with E-state index in [1.54, 1.807) is 0 Å². The van der Waals surface area contributed by atoms with E-state index in [1.165, 1.54) is 218 Å². The van der Waals surface area contributed by atoms with Crippen molar-refractivity contribution in [3.63, 3.8) is 0 Å². The van der Waals surface area contributed by atoms with E-state index in [2.05, 4.69) is 485 Å². The van der Waals surface area contributed by atoms with Crippen molar-refractivity contribution in [2.24, 2.45) is 0 Å². The fourth-order valence-corrected chi connectivity index (χ4v) is 17.0. The predicted molar refractivity (Wildman–Crippen MR) is 628 cm³/mol. The number of para-hydroxylation sites is 5. The van der Waals surface area contributed by atoms with Gasteiger partial charge in [-0.15, -0.1) is 0 Å². The molecular formula is C131H153N9. The second-order valence-electron chi connectivity index (χ2n) is 35.5. The monoisotopic (exact) mass is 1850 g/mol. The number of aromatic nitrogens is 9. The van der Waals surface area contributed by atoms with Gasteiger partial charge in [0.25, 0.3) is 0 Å². The van der Waals surface area contributed by atoms with Crippen molar-refractivity contribution >= 4 is 207 Å². The highest BCUT2D eigenvalue weighted by Crippen LogP contribution is 2.43. The van der Waals surface area contributed by atoms with E-state index in [0.29, 0.717) is 0 Å². The summed E-state index contributed by atoms with van der Waals surface area (Å²) >= 11 is 0. The van der Waals surface area contributed by atoms with Gasteiger partial charge in [-0.1, -0.05) is 456 Å². The lowest BCUT2D eigenvalue weighted by Crippen LogP contribution is -1.94. The maximum Gasteiger partial charge on any atom is 0.113 e. The lowest BCUT2D eigenvalue weighted by Gasteiger charge is -2.11. The number of fused-ring (bicyclic) bond motifs is 41. The highest BCUT2D eigenvalue weighted by atomic mass is 14.9. The van der Waals surface area contributed by atoms with Gasteiger partial charge in [0, 0.05) is 94.8 Å². The molecule has 0 N–H and O–H groups in total. The zero-order valence-corrected chi connectivity index (χ0v) is 88.4. The van der Waals surface area contributed by atoms with Gasteiger partial charge in [0.15, 0.2) is 0 Å². The summed E-state index contributed by atoms with van der Waals surface area (Å²) in [6.07, 6.45) is 22.6. The van der Waals surface area contributed by atoms with Crippen LogP contribution in [0.5, 0.6) is 0 Å². The lowest BCUT2D eigenvalue weighted by molar-refractivity contribution is 1.09. The molecule has 25 rings (SSSR count). The van der Waals surface area contributed by atoms with Crippen molar-refractivity contribution in [1.29, 1.82) is 0 Å². The normalized spacial score (nSPS) is 10.5. The van der Waals surface area contributed by atoms with Crippen molar-refractivity contribution < 1.29 is 0 Å². The summed E-state index contributed by atoms with van der Waals surface area (Å²) in [4.78, 5) is 23.8. The first kappa shape index (κ1) is 108. The number of pyridine rings is 9. The molecule has 140 heavy (non-hydrogen) atoms. The Labute approximate surface area is 833 Å². The molecule has 9 nitrogen and oxygen atoms in total. The first-order valence-corrected chi connectivity index (χ1v) is 52.2. The molecule has 0 saturated heterocycles. The second kappa shape index (κ2) is 55.4. The third kappa shape index (κ3) is 24.2. The van der Waals surface area contributed by atoms with E-state index in [4.69, 9.17) is 15.0 Å². The number of hydrogen-bond acceptors (Lipinski definition) is 5. The molecule has 0 amide bonds. The van der Waals surface area contributed by atoms with Crippen LogP contribution in [0.25, 0.3) is 207 Å². The topological polar surface area (TPSA) is 82.1 Å². The van der Waals surface area contributed by atoms with Gasteiger partial charge in [-0.25, -0.2) is 4.98 Å². The van der Waals surface area contributed by atoms with Crippen LogP contribution < -0.4 is 0 Å². The molecule has 0 aliphatic carbocycles. The smallest absolute Gasteiger partial charge is 0.113 e. The van der Waals surface area contributed by atoms with Gasteiger partial charge in [-0.3, -0.25) is 19.9 Å². The van der Waals surface area contributed by atoms with Crippen molar-refractivity contribution in [2.45, 2.75) is 243 Å². The summed E-state index contributed by atoms with van der Waals surface area (Å²) in [6.45, 7) is 51.0. The molecule has 0 aliphatic rings. The van der Waals surface area contributed by atoms with Crippen LogP contribution in [0.1, 0.15) is 243 Å². The maximum atomic E-state index is 4.95. The van der Waals surface area contributed by atoms with Crippen molar-refractivity contribution in [3.05, 3.63) is 346 Å². The first-order valence-electron chi connectivity index (χ1n) is 52.2. The quantitative estimate of drug-likeness (QED) is 0.112. The average molecular weight is 1850 g/mol. The zero-order chi connectivity index (χ0) is 101. The zero-order valence-electron chi connectivity index (χ0n) is 88.4. The molecule has 0 aliphatic heterocycles. The van der Waals surface area contributed by atoms with E-state index < -0.39 is 0 Å². The Morgan fingerprint density at radius 3 is 0.957 bits per heavy atom. The predicted octanol–water partition coefficient (Wildman–Crippen LogP) is 41.3. The molecule has 13 heterocycles. The standard InChI is InChI=1S/C27H16N2.C24H15N.2C22H13N3.12C3H8/c1-3-8-19-17(6-1)12-14-23-22(19)16-25-21-13-11-18-7-2-4-9-20(18)26(21)27-24(29(23)25)10-5-15-28-27;1-2-8-17-16(7-1)13-14-23-21(17)15-24-20-11-4-3-9-18(20)19-10-5-6-12-22(19)25(23)24;1-4-9-18-14(6-1)12-20-21-15-7-2-3-8-17(15)24-13-16(21)22-19(25(18)20)10-5-11-23-22;1-3-8-17-14(6-1)12-16-20-13-15-7-2-4-9-18(15)25(20)19-10-5-11-23-22(19)21(16)24-17;12*1-3-2/h1-16H;1-15H;2*1-13H;12*3H2,1-2H3. The molecule has 25 aromatic rings. The van der Waals surface area contributed by atoms with Gasteiger partial charge in [0.1, 0.15) is 11.0 Å². The van der Waals surface area contributed by atoms with Crippen LogP contribution in [-0.2, 0) is 0 Å². The minimum atomic E-state index is 0.942. The Balaban J connectivity index is 0.000000172. The van der Waals surface area contributed by atoms with Crippen LogP contribution >= 0.6 is 0 Å². The molecule has 0 bridgehead atoms. The summed E-state index contributed by atoms with van der Waals surface area (Å²) < 4.78 is 9.42. The molecule has 0 radical (unpaired) electrons. The van der Waals surface area contributed by atoms with Crippen LogP contribution in [0, 0.1) is 0 Å². The van der Waals surface area contributed by atoms with Crippen LogP contribution in [-0.4, -0.2) is 42.5 Å². The van der Waals surface area contributed by atoms with E-state index in [-0.39, 0.29) is 0 Å². The summed E-state index contributed by atoms with van der Waals surface area (Å²) in [5.74, 6) is 0. The van der Waals surface area contributed by atoms with Gasteiger partial charge >= 0.3 is 0 Å². The van der Waals surface area contributed by atoms with Gasteiger partial charge in [0.2, 0.25) is 0 Å². The van der Waals surface area contributed by atoms with Gasteiger partial charge < -0.3 is 17.6 Å². The lowest BCUT2D eigenvalue weighted by atomic mass is 10.0. The van der Waals surface area contributed by atoms with Crippen molar-refractivity contribution in [1.82, 2.24) is 42.5 Å². The minimum Gasteiger partial charge on any atom is -0.309 e. The summed E-state index contributed by atoms with van der Waals surface area (Å²) in [6, 6.07) is 114. The molecule has 0 saturated carbocycles. The van der Waals surface area contributed by atoms with Gasteiger partial charge in [-0.2, -0.15) is 0 Å².